The zero-order valence-electron chi connectivity index (χ0n) is 20.0. The van der Waals surface area contributed by atoms with E-state index in [0.29, 0.717) is 23.3 Å². The lowest BCUT2D eigenvalue weighted by Crippen LogP contribution is -2.28. The minimum Gasteiger partial charge on any atom is -0.457 e. The van der Waals surface area contributed by atoms with E-state index < -0.39 is 36.1 Å². The number of hydrogen-bond acceptors (Lipinski definition) is 5. The summed E-state index contributed by atoms with van der Waals surface area (Å²) in [6.45, 7) is 1.28. The Balaban J connectivity index is 1.30. The topological polar surface area (TPSA) is 84.9 Å². The molecule has 0 unspecified atom stereocenters. The third kappa shape index (κ3) is 6.63. The van der Waals surface area contributed by atoms with Gasteiger partial charge in [-0.2, -0.15) is 13.2 Å². The van der Waals surface area contributed by atoms with Crippen molar-refractivity contribution in [3.8, 4) is 11.5 Å². The summed E-state index contributed by atoms with van der Waals surface area (Å²) in [5.41, 5.74) is 0.417. The molecule has 11 heteroatoms. The average Bonchev–Trinajstić information content (AvgIpc) is 3.26. The van der Waals surface area contributed by atoms with Crippen molar-refractivity contribution >= 4 is 40.8 Å². The second kappa shape index (κ2) is 11.1. The van der Waals surface area contributed by atoms with E-state index in [1.165, 1.54) is 4.90 Å². The molecule has 1 atom stereocenters. The van der Waals surface area contributed by atoms with Crippen LogP contribution >= 0.6 is 11.6 Å². The molecule has 1 aliphatic heterocycles. The van der Waals surface area contributed by atoms with Crippen LogP contribution in [-0.2, 0) is 25.3 Å². The predicted octanol–water partition coefficient (Wildman–Crippen LogP) is 5.99. The van der Waals surface area contributed by atoms with Crippen molar-refractivity contribution in [2.45, 2.75) is 19.5 Å². The van der Waals surface area contributed by atoms with E-state index in [1.54, 1.807) is 24.3 Å². The summed E-state index contributed by atoms with van der Waals surface area (Å²) in [6.07, 6.45) is -4.73. The van der Waals surface area contributed by atoms with Crippen LogP contribution in [0, 0.1) is 12.8 Å². The standard InChI is InChI=1S/C27H22ClF3N2O5/c1-16-2-7-20(8-3-16)38-21-9-5-19(6-10-21)33-14-17(12-25(33)35)26(36)37-15-24(34)32-23-13-18(27(29,30)31)4-11-22(23)28/h2-11,13,17H,12,14-15H2,1H3,(H,32,34)/t17-/m0/s1. The van der Waals surface area contributed by atoms with E-state index in [-0.39, 0.29) is 29.6 Å². The third-order valence-corrected chi connectivity index (χ3v) is 6.11. The first-order valence-electron chi connectivity index (χ1n) is 11.5. The molecule has 1 aliphatic rings. The Morgan fingerprint density at radius 3 is 2.29 bits per heavy atom. The van der Waals surface area contributed by atoms with Gasteiger partial charge >= 0.3 is 12.1 Å². The van der Waals surface area contributed by atoms with Crippen molar-refractivity contribution in [3.05, 3.63) is 82.9 Å². The van der Waals surface area contributed by atoms with E-state index in [2.05, 4.69) is 5.32 Å². The normalized spacial score (nSPS) is 15.3. The van der Waals surface area contributed by atoms with Crippen molar-refractivity contribution in [2.24, 2.45) is 5.92 Å². The number of ether oxygens (including phenoxy) is 2. The van der Waals surface area contributed by atoms with Gasteiger partial charge in [0.15, 0.2) is 6.61 Å². The van der Waals surface area contributed by atoms with Crippen LogP contribution < -0.4 is 15.0 Å². The van der Waals surface area contributed by atoms with Crippen LogP contribution in [0.3, 0.4) is 0 Å². The lowest BCUT2D eigenvalue weighted by molar-refractivity contribution is -0.151. The summed E-state index contributed by atoms with van der Waals surface area (Å²) < 4.78 is 49.5. The van der Waals surface area contributed by atoms with Crippen LogP contribution in [-0.4, -0.2) is 30.9 Å². The predicted molar refractivity (Wildman–Crippen MR) is 134 cm³/mol. The van der Waals surface area contributed by atoms with Gasteiger partial charge < -0.3 is 19.7 Å². The molecule has 7 nitrogen and oxygen atoms in total. The van der Waals surface area contributed by atoms with Gasteiger partial charge in [0, 0.05) is 18.7 Å². The first kappa shape index (κ1) is 27.0. The van der Waals surface area contributed by atoms with Crippen LogP contribution in [0.2, 0.25) is 5.02 Å². The zero-order valence-corrected chi connectivity index (χ0v) is 20.8. The highest BCUT2D eigenvalue weighted by atomic mass is 35.5. The molecule has 3 aromatic rings. The maximum absolute atomic E-state index is 12.9. The number of carbonyl (C=O) groups excluding carboxylic acids is 3. The van der Waals surface area contributed by atoms with E-state index in [1.807, 2.05) is 31.2 Å². The monoisotopic (exact) mass is 546 g/mol. The number of nitrogens with zero attached hydrogens (tertiary/aromatic N) is 1. The Morgan fingerprint density at radius 2 is 1.66 bits per heavy atom. The van der Waals surface area contributed by atoms with Gasteiger partial charge in [0.1, 0.15) is 11.5 Å². The summed E-state index contributed by atoms with van der Waals surface area (Å²) in [4.78, 5) is 38.6. The number of anilines is 2. The Bertz CT molecular complexity index is 1340. The van der Waals surface area contributed by atoms with Crippen molar-refractivity contribution < 1.29 is 37.0 Å². The first-order chi connectivity index (χ1) is 18.0. The smallest absolute Gasteiger partial charge is 0.416 e. The molecule has 1 heterocycles. The minimum absolute atomic E-state index is 0.0525. The molecule has 38 heavy (non-hydrogen) atoms. The number of benzene rings is 3. The Morgan fingerprint density at radius 1 is 1.03 bits per heavy atom. The quantitative estimate of drug-likeness (QED) is 0.368. The summed E-state index contributed by atoms with van der Waals surface area (Å²) >= 11 is 5.86. The second-order valence-electron chi connectivity index (χ2n) is 8.66. The number of esters is 1. The molecule has 3 aromatic carbocycles. The molecule has 0 aromatic heterocycles. The minimum atomic E-state index is -4.62. The maximum Gasteiger partial charge on any atom is 0.416 e. The number of amides is 2. The van der Waals surface area contributed by atoms with Crippen LogP contribution in [0.1, 0.15) is 17.5 Å². The molecule has 2 amide bonds. The SMILES string of the molecule is Cc1ccc(Oc2ccc(N3C[C@@H](C(=O)OCC(=O)Nc4cc(C(F)(F)F)ccc4Cl)CC3=O)cc2)cc1. The highest BCUT2D eigenvalue weighted by Gasteiger charge is 2.36. The molecule has 1 saturated heterocycles. The van der Waals surface area contributed by atoms with E-state index in [0.717, 1.165) is 17.7 Å². The number of carbonyl (C=O) groups is 3. The number of aryl methyl sites for hydroxylation is 1. The fourth-order valence-corrected chi connectivity index (χ4v) is 3.95. The molecule has 198 valence electrons. The largest absolute Gasteiger partial charge is 0.457 e. The number of alkyl halides is 3. The van der Waals surface area contributed by atoms with E-state index in [9.17, 15) is 27.6 Å². The number of halogens is 4. The van der Waals surface area contributed by atoms with E-state index >= 15 is 0 Å². The fourth-order valence-electron chi connectivity index (χ4n) is 3.79. The average molecular weight is 547 g/mol. The number of nitrogens with one attached hydrogen (secondary N) is 1. The first-order valence-corrected chi connectivity index (χ1v) is 11.9. The van der Waals surface area contributed by atoms with Crippen molar-refractivity contribution in [3.63, 3.8) is 0 Å². The zero-order chi connectivity index (χ0) is 27.4. The van der Waals surface area contributed by atoms with Crippen molar-refractivity contribution in [1.29, 1.82) is 0 Å². The second-order valence-corrected chi connectivity index (χ2v) is 9.07. The maximum atomic E-state index is 12.9. The van der Waals surface area contributed by atoms with Gasteiger partial charge in [-0.3, -0.25) is 14.4 Å². The molecular formula is C27H22ClF3N2O5. The van der Waals surface area contributed by atoms with Crippen LogP contribution in [0.15, 0.2) is 66.7 Å². The number of rotatable bonds is 7. The summed E-state index contributed by atoms with van der Waals surface area (Å²) in [6, 6.07) is 16.8. The van der Waals surface area contributed by atoms with Crippen LogP contribution in [0.4, 0.5) is 24.5 Å². The molecule has 0 aliphatic carbocycles. The lowest BCUT2D eigenvalue weighted by atomic mass is 10.1. The van der Waals surface area contributed by atoms with Gasteiger partial charge in [0.25, 0.3) is 5.91 Å². The third-order valence-electron chi connectivity index (χ3n) is 5.78. The molecule has 0 bridgehead atoms. The van der Waals surface area contributed by atoms with Gasteiger partial charge in [-0.05, 0) is 61.5 Å². The Kier molecular flexibility index (Phi) is 7.91. The molecule has 4 rings (SSSR count). The number of hydrogen-bond donors (Lipinski definition) is 1. The van der Waals surface area contributed by atoms with Crippen LogP contribution in [0.25, 0.3) is 0 Å². The molecule has 1 fully saturated rings. The molecule has 0 saturated carbocycles. The molecule has 0 spiro atoms. The highest BCUT2D eigenvalue weighted by Crippen LogP contribution is 2.34. The van der Waals surface area contributed by atoms with Crippen molar-refractivity contribution in [2.75, 3.05) is 23.4 Å². The summed E-state index contributed by atoms with van der Waals surface area (Å²) in [7, 11) is 0. The Hall–Kier alpha value is -4.05. The lowest BCUT2D eigenvalue weighted by Gasteiger charge is -2.17. The summed E-state index contributed by atoms with van der Waals surface area (Å²) in [5, 5.41) is 2.09. The Labute approximate surface area is 221 Å². The molecular weight excluding hydrogens is 525 g/mol. The highest BCUT2D eigenvalue weighted by molar-refractivity contribution is 6.33. The summed E-state index contributed by atoms with van der Waals surface area (Å²) in [5.74, 6) is -1.50. The molecule has 0 radical (unpaired) electrons. The van der Waals surface area contributed by atoms with Gasteiger partial charge in [0.2, 0.25) is 5.91 Å². The molecule has 1 N–H and O–H groups in total. The van der Waals surface area contributed by atoms with Gasteiger partial charge in [-0.15, -0.1) is 0 Å². The fraction of sp³-hybridized carbons (Fsp3) is 0.222. The van der Waals surface area contributed by atoms with Gasteiger partial charge in [-0.1, -0.05) is 29.3 Å². The van der Waals surface area contributed by atoms with Gasteiger partial charge in [-0.25, -0.2) is 0 Å². The van der Waals surface area contributed by atoms with E-state index in [4.69, 9.17) is 21.1 Å². The van der Waals surface area contributed by atoms with Gasteiger partial charge in [0.05, 0.1) is 22.2 Å². The van der Waals surface area contributed by atoms with Crippen LogP contribution in [0.5, 0.6) is 11.5 Å². The van der Waals surface area contributed by atoms with Crippen molar-refractivity contribution in [1.82, 2.24) is 0 Å².